The van der Waals surface area contributed by atoms with Crippen molar-refractivity contribution in [2.75, 3.05) is 18.4 Å². The summed E-state index contributed by atoms with van der Waals surface area (Å²) in [4.78, 5) is 21.6. The van der Waals surface area contributed by atoms with Gasteiger partial charge in [0, 0.05) is 23.6 Å². The number of alkyl halides is 1. The van der Waals surface area contributed by atoms with Crippen LogP contribution in [0.3, 0.4) is 0 Å². The molecular formula is C16H12ClF2N5O. The quantitative estimate of drug-likeness (QED) is 0.759. The Morgan fingerprint density at radius 2 is 2.12 bits per heavy atom. The maximum atomic E-state index is 14.2. The number of nitrogens with zero attached hydrogens (tertiary/aromatic N) is 4. The van der Waals surface area contributed by atoms with Crippen LogP contribution in [-0.2, 0) is 0 Å². The van der Waals surface area contributed by atoms with E-state index < -0.39 is 18.0 Å². The summed E-state index contributed by atoms with van der Waals surface area (Å²) >= 11 is 5.88. The van der Waals surface area contributed by atoms with E-state index in [9.17, 15) is 13.6 Å². The predicted molar refractivity (Wildman–Crippen MR) is 88.9 cm³/mol. The van der Waals surface area contributed by atoms with E-state index >= 15 is 0 Å². The third-order valence-electron chi connectivity index (χ3n) is 3.90. The normalized spacial score (nSPS) is 14.6. The van der Waals surface area contributed by atoms with Crippen LogP contribution in [-0.4, -0.2) is 44.6 Å². The standard InChI is InChI=1S/C16H12ClF2N5O/c17-9-4-20-15-22-14(8-23(15)5-9)12-3-11(1-2-13(12)19)21-16(25)24-6-10(18)7-24/h1-5,8,10H,6-7H2,(H,21,25). The van der Waals surface area contributed by atoms with E-state index in [1.54, 1.807) is 16.8 Å². The summed E-state index contributed by atoms with van der Waals surface area (Å²) in [5, 5.41) is 3.06. The number of amides is 2. The second-order valence-corrected chi connectivity index (χ2v) is 6.17. The van der Waals surface area contributed by atoms with Crippen LogP contribution in [0.5, 0.6) is 0 Å². The second kappa shape index (κ2) is 5.96. The number of halogens is 3. The van der Waals surface area contributed by atoms with Gasteiger partial charge in [0.1, 0.15) is 12.0 Å². The lowest BCUT2D eigenvalue weighted by atomic mass is 10.1. The van der Waals surface area contributed by atoms with Gasteiger partial charge in [-0.15, -0.1) is 0 Å². The number of carbonyl (C=O) groups excluding carboxylic acids is 1. The van der Waals surface area contributed by atoms with Crippen LogP contribution in [0.4, 0.5) is 19.3 Å². The van der Waals surface area contributed by atoms with E-state index in [-0.39, 0.29) is 18.7 Å². The third kappa shape index (κ3) is 3.00. The molecule has 2 amide bonds. The highest BCUT2D eigenvalue weighted by Gasteiger charge is 2.30. The van der Waals surface area contributed by atoms with Gasteiger partial charge in [-0.3, -0.25) is 4.40 Å². The fourth-order valence-electron chi connectivity index (χ4n) is 2.58. The number of hydrogen-bond donors (Lipinski definition) is 1. The molecular weight excluding hydrogens is 352 g/mol. The fourth-order valence-corrected chi connectivity index (χ4v) is 2.74. The number of carbonyl (C=O) groups is 1. The van der Waals surface area contributed by atoms with E-state index in [4.69, 9.17) is 11.6 Å². The van der Waals surface area contributed by atoms with E-state index in [0.29, 0.717) is 22.2 Å². The van der Waals surface area contributed by atoms with Crippen molar-refractivity contribution in [3.8, 4) is 11.3 Å². The van der Waals surface area contributed by atoms with Gasteiger partial charge in [0.25, 0.3) is 0 Å². The summed E-state index contributed by atoms with van der Waals surface area (Å²) in [5.74, 6) is -0.108. The van der Waals surface area contributed by atoms with Gasteiger partial charge in [0.05, 0.1) is 30.0 Å². The first-order chi connectivity index (χ1) is 12.0. The van der Waals surface area contributed by atoms with Crippen molar-refractivity contribution in [2.45, 2.75) is 6.17 Å². The van der Waals surface area contributed by atoms with Gasteiger partial charge in [-0.25, -0.2) is 23.5 Å². The van der Waals surface area contributed by atoms with E-state index in [0.717, 1.165) is 0 Å². The molecule has 1 aromatic carbocycles. The first-order valence-electron chi connectivity index (χ1n) is 7.50. The molecule has 1 N–H and O–H groups in total. The highest BCUT2D eigenvalue weighted by Crippen LogP contribution is 2.26. The highest BCUT2D eigenvalue weighted by molar-refractivity contribution is 6.30. The third-order valence-corrected chi connectivity index (χ3v) is 4.09. The van der Waals surface area contributed by atoms with Crippen LogP contribution in [0, 0.1) is 5.82 Å². The lowest BCUT2D eigenvalue weighted by molar-refractivity contribution is 0.0974. The van der Waals surface area contributed by atoms with Gasteiger partial charge in [-0.2, -0.15) is 0 Å². The zero-order valence-electron chi connectivity index (χ0n) is 12.8. The summed E-state index contributed by atoms with van der Waals surface area (Å²) in [7, 11) is 0. The van der Waals surface area contributed by atoms with Crippen molar-refractivity contribution in [3.05, 3.63) is 47.6 Å². The smallest absolute Gasteiger partial charge is 0.319 e. The molecule has 0 saturated carbocycles. The second-order valence-electron chi connectivity index (χ2n) is 5.73. The molecule has 0 unspecified atom stereocenters. The first-order valence-corrected chi connectivity index (χ1v) is 7.87. The minimum Gasteiger partial charge on any atom is -0.319 e. The zero-order valence-corrected chi connectivity index (χ0v) is 13.5. The monoisotopic (exact) mass is 363 g/mol. The van der Waals surface area contributed by atoms with E-state index in [1.165, 1.54) is 29.3 Å². The summed E-state index contributed by atoms with van der Waals surface area (Å²) in [5.41, 5.74) is 0.967. The van der Waals surface area contributed by atoms with Crippen LogP contribution < -0.4 is 5.32 Å². The largest absolute Gasteiger partial charge is 0.322 e. The minimum atomic E-state index is -0.980. The van der Waals surface area contributed by atoms with Gasteiger partial charge >= 0.3 is 6.03 Å². The molecule has 6 nitrogen and oxygen atoms in total. The molecule has 9 heteroatoms. The summed E-state index contributed by atoms with van der Waals surface area (Å²) in [6, 6.07) is 3.73. The van der Waals surface area contributed by atoms with Gasteiger partial charge in [0.2, 0.25) is 5.78 Å². The number of hydrogen-bond acceptors (Lipinski definition) is 3. The number of fused-ring (bicyclic) bond motifs is 1. The molecule has 1 aliphatic heterocycles. The zero-order chi connectivity index (χ0) is 17.6. The molecule has 0 radical (unpaired) electrons. The number of rotatable bonds is 2. The van der Waals surface area contributed by atoms with Crippen LogP contribution in [0.2, 0.25) is 5.02 Å². The topological polar surface area (TPSA) is 62.5 Å². The van der Waals surface area contributed by atoms with Crippen LogP contribution >= 0.6 is 11.6 Å². The Bertz CT molecular complexity index is 970. The molecule has 128 valence electrons. The van der Waals surface area contributed by atoms with E-state index in [2.05, 4.69) is 15.3 Å². The van der Waals surface area contributed by atoms with Crippen molar-refractivity contribution < 1.29 is 13.6 Å². The van der Waals surface area contributed by atoms with Crippen molar-refractivity contribution in [1.82, 2.24) is 19.3 Å². The number of aromatic nitrogens is 3. The number of likely N-dealkylation sites (tertiary alicyclic amines) is 1. The van der Waals surface area contributed by atoms with Crippen LogP contribution in [0.15, 0.2) is 36.8 Å². The van der Waals surface area contributed by atoms with E-state index in [1.807, 2.05) is 0 Å². The molecule has 1 aliphatic rings. The molecule has 1 saturated heterocycles. The van der Waals surface area contributed by atoms with Crippen LogP contribution in [0.25, 0.3) is 17.0 Å². The maximum absolute atomic E-state index is 14.2. The molecule has 4 rings (SSSR count). The summed E-state index contributed by atoms with van der Waals surface area (Å²) in [6.07, 6.45) is 3.68. The Labute approximate surface area is 146 Å². The Morgan fingerprint density at radius 1 is 1.32 bits per heavy atom. The molecule has 0 aliphatic carbocycles. The SMILES string of the molecule is O=C(Nc1ccc(F)c(-c2cn3cc(Cl)cnc3n2)c1)N1CC(F)C1. The Kier molecular flexibility index (Phi) is 3.76. The Hall–Kier alpha value is -2.74. The van der Waals surface area contributed by atoms with Crippen molar-refractivity contribution in [2.24, 2.45) is 0 Å². The van der Waals surface area contributed by atoms with Crippen molar-refractivity contribution >= 4 is 29.1 Å². The fraction of sp³-hybridized carbons (Fsp3) is 0.188. The molecule has 3 heterocycles. The summed E-state index contributed by atoms with van der Waals surface area (Å²) < 4.78 is 28.6. The minimum absolute atomic E-state index is 0.0682. The van der Waals surface area contributed by atoms with Gasteiger partial charge in [-0.1, -0.05) is 11.6 Å². The maximum Gasteiger partial charge on any atom is 0.322 e. The summed E-state index contributed by atoms with van der Waals surface area (Å²) in [6.45, 7) is 0.136. The predicted octanol–water partition coefficient (Wildman–Crippen LogP) is 3.37. The molecule has 0 spiro atoms. The average Bonchev–Trinajstić information content (AvgIpc) is 2.96. The number of nitrogens with one attached hydrogen (secondary N) is 1. The van der Waals surface area contributed by atoms with Crippen molar-refractivity contribution in [1.29, 1.82) is 0 Å². The molecule has 1 fully saturated rings. The lowest BCUT2D eigenvalue weighted by Gasteiger charge is -2.34. The molecule has 25 heavy (non-hydrogen) atoms. The number of benzene rings is 1. The molecule has 3 aromatic rings. The molecule has 0 bridgehead atoms. The number of urea groups is 1. The van der Waals surface area contributed by atoms with Gasteiger partial charge < -0.3 is 10.2 Å². The number of anilines is 1. The Balaban J connectivity index is 1.63. The average molecular weight is 364 g/mol. The molecule has 2 aromatic heterocycles. The van der Waals surface area contributed by atoms with Crippen LogP contribution in [0.1, 0.15) is 0 Å². The highest BCUT2D eigenvalue weighted by atomic mass is 35.5. The van der Waals surface area contributed by atoms with Gasteiger partial charge in [0.15, 0.2) is 0 Å². The number of imidazole rings is 1. The van der Waals surface area contributed by atoms with Gasteiger partial charge in [-0.05, 0) is 18.2 Å². The van der Waals surface area contributed by atoms with Crippen molar-refractivity contribution in [3.63, 3.8) is 0 Å². The molecule has 0 atom stereocenters. The first kappa shape index (κ1) is 15.8. The lowest BCUT2D eigenvalue weighted by Crippen LogP contribution is -2.53. The Morgan fingerprint density at radius 3 is 2.88 bits per heavy atom.